The molecule has 0 spiro atoms. The van der Waals surface area contributed by atoms with E-state index >= 15 is 0 Å². The normalized spacial score (nSPS) is 28.7. The van der Waals surface area contributed by atoms with Gasteiger partial charge in [-0.2, -0.15) is 4.79 Å². The Morgan fingerprint density at radius 2 is 2.27 bits per heavy atom. The van der Waals surface area contributed by atoms with Crippen molar-refractivity contribution in [1.29, 1.82) is 0 Å². The molecule has 1 aliphatic heterocycles. The Bertz CT molecular complexity index is 734. The summed E-state index contributed by atoms with van der Waals surface area (Å²) >= 11 is 5.91. The molecule has 1 heterocycles. The lowest BCUT2D eigenvalue weighted by Crippen LogP contribution is -2.43. The summed E-state index contributed by atoms with van der Waals surface area (Å²) in [4.78, 5) is 27.0. The van der Waals surface area contributed by atoms with Crippen LogP contribution in [0.2, 0.25) is 5.02 Å². The lowest BCUT2D eigenvalue weighted by atomic mass is 9.93. The number of ketones is 1. The summed E-state index contributed by atoms with van der Waals surface area (Å²) in [5.41, 5.74) is 8.08. The summed E-state index contributed by atoms with van der Waals surface area (Å²) in [7, 11) is 0. The maximum absolute atomic E-state index is 14.1. The highest BCUT2D eigenvalue weighted by Crippen LogP contribution is 2.62. The monoisotopic (exact) mass is 323 g/mol. The van der Waals surface area contributed by atoms with Crippen LogP contribution < -0.4 is 0 Å². The van der Waals surface area contributed by atoms with Gasteiger partial charge in [0.05, 0.1) is 0 Å². The maximum Gasteiger partial charge on any atom is 0.407 e. The van der Waals surface area contributed by atoms with E-state index in [0.29, 0.717) is 23.2 Å². The summed E-state index contributed by atoms with van der Waals surface area (Å²) in [6.45, 7) is 0.0138. The molecule has 1 aliphatic carbocycles. The molecule has 22 heavy (non-hydrogen) atoms. The Balaban J connectivity index is 2.02. The molecule has 3 rings (SSSR count). The van der Waals surface area contributed by atoms with Crippen LogP contribution in [0.25, 0.3) is 5.53 Å². The van der Waals surface area contributed by atoms with Gasteiger partial charge in [0.2, 0.25) is 0 Å². The van der Waals surface area contributed by atoms with E-state index in [1.807, 2.05) is 0 Å². The lowest BCUT2D eigenvalue weighted by molar-refractivity contribution is -0.120. The van der Waals surface area contributed by atoms with Crippen LogP contribution in [0.1, 0.15) is 12.0 Å². The predicted molar refractivity (Wildman–Crippen MR) is 74.4 cm³/mol. The standard InChI is InChI=1S/C14H11ClFN3O3/c15-7-1-2-10(16)8(3-7)14-4-9(14)12(11(20)5-18-17)19(6-14)13(21)22/h1-3,5,9,12H,4,6H2,(H,21,22). The first-order valence-corrected chi connectivity index (χ1v) is 6.95. The van der Waals surface area contributed by atoms with Crippen molar-refractivity contribution in [3.8, 4) is 0 Å². The van der Waals surface area contributed by atoms with Crippen molar-refractivity contribution < 1.29 is 23.9 Å². The van der Waals surface area contributed by atoms with E-state index in [-0.39, 0.29) is 12.5 Å². The van der Waals surface area contributed by atoms with Gasteiger partial charge in [0.25, 0.3) is 5.78 Å². The van der Waals surface area contributed by atoms with E-state index in [4.69, 9.17) is 17.1 Å². The third-order valence-electron chi connectivity index (χ3n) is 4.49. The van der Waals surface area contributed by atoms with E-state index in [1.165, 1.54) is 18.2 Å². The van der Waals surface area contributed by atoms with Gasteiger partial charge in [0, 0.05) is 17.0 Å². The number of nitrogens with zero attached hydrogens (tertiary/aromatic N) is 3. The summed E-state index contributed by atoms with van der Waals surface area (Å²) < 4.78 is 14.1. The maximum atomic E-state index is 14.1. The second kappa shape index (κ2) is 4.90. The van der Waals surface area contributed by atoms with E-state index in [9.17, 15) is 19.1 Å². The van der Waals surface area contributed by atoms with Gasteiger partial charge < -0.3 is 10.6 Å². The first-order chi connectivity index (χ1) is 10.4. The number of hydrogen-bond acceptors (Lipinski definition) is 2. The molecule has 8 heteroatoms. The molecular formula is C14H11ClFN3O3. The van der Waals surface area contributed by atoms with Crippen LogP contribution in [-0.4, -0.2) is 45.5 Å². The number of carboxylic acid groups (broad SMARTS) is 1. The van der Waals surface area contributed by atoms with Crippen molar-refractivity contribution in [2.45, 2.75) is 17.9 Å². The fourth-order valence-electron chi connectivity index (χ4n) is 3.49. The molecule has 2 fully saturated rings. The first kappa shape index (κ1) is 14.7. The Kier molecular flexibility index (Phi) is 3.27. The number of fused-ring (bicyclic) bond motifs is 1. The summed E-state index contributed by atoms with van der Waals surface area (Å²) in [5, 5.41) is 9.62. The van der Waals surface area contributed by atoms with Crippen LogP contribution in [0.15, 0.2) is 18.2 Å². The van der Waals surface area contributed by atoms with Gasteiger partial charge in [-0.15, -0.1) is 0 Å². The average Bonchev–Trinajstić information content (AvgIpc) is 3.07. The molecule has 0 radical (unpaired) electrons. The number of likely N-dealkylation sites (tertiary alicyclic amines) is 1. The number of halogens is 2. The molecule has 1 aromatic rings. The molecule has 2 aliphatic rings. The average molecular weight is 324 g/mol. The zero-order valence-corrected chi connectivity index (χ0v) is 12.0. The lowest BCUT2D eigenvalue weighted by Gasteiger charge is -2.22. The highest BCUT2D eigenvalue weighted by molar-refractivity contribution is 6.30. The van der Waals surface area contributed by atoms with Gasteiger partial charge in [0.15, 0.2) is 0 Å². The van der Waals surface area contributed by atoms with Crippen molar-refractivity contribution in [2.75, 3.05) is 6.54 Å². The number of Topliss-reactive ketones (excluding diaryl/α,β-unsaturated/α-hetero) is 1. The molecule has 3 atom stereocenters. The highest BCUT2D eigenvalue weighted by Gasteiger charge is 2.69. The van der Waals surface area contributed by atoms with Crippen LogP contribution in [-0.2, 0) is 10.2 Å². The largest absolute Gasteiger partial charge is 0.465 e. The number of hydrogen-bond donors (Lipinski definition) is 1. The Morgan fingerprint density at radius 1 is 1.55 bits per heavy atom. The third-order valence-corrected chi connectivity index (χ3v) is 4.73. The number of piperidine rings is 1. The molecule has 114 valence electrons. The predicted octanol–water partition coefficient (Wildman–Crippen LogP) is 1.97. The van der Waals surface area contributed by atoms with Crippen molar-refractivity contribution in [3.05, 3.63) is 40.1 Å². The Morgan fingerprint density at radius 3 is 2.91 bits per heavy atom. The Labute approximate surface area is 129 Å². The Hall–Kier alpha value is -2.24. The molecule has 1 amide bonds. The molecule has 0 aromatic heterocycles. The molecule has 1 N–H and O–H groups in total. The van der Waals surface area contributed by atoms with Gasteiger partial charge >= 0.3 is 12.3 Å². The molecular weight excluding hydrogens is 313 g/mol. The van der Waals surface area contributed by atoms with Crippen molar-refractivity contribution in [1.82, 2.24) is 4.90 Å². The number of amides is 1. The van der Waals surface area contributed by atoms with Gasteiger partial charge in [-0.1, -0.05) is 11.6 Å². The molecule has 1 saturated carbocycles. The van der Waals surface area contributed by atoms with Crippen molar-refractivity contribution in [2.24, 2.45) is 5.92 Å². The van der Waals surface area contributed by atoms with Crippen LogP contribution in [0.5, 0.6) is 0 Å². The topological polar surface area (TPSA) is 94.0 Å². The van der Waals surface area contributed by atoms with Crippen LogP contribution in [0.3, 0.4) is 0 Å². The molecule has 1 aromatic carbocycles. The van der Waals surface area contributed by atoms with Crippen molar-refractivity contribution >= 4 is 29.7 Å². The fourth-order valence-corrected chi connectivity index (χ4v) is 3.67. The van der Waals surface area contributed by atoms with Crippen LogP contribution in [0, 0.1) is 11.7 Å². The fraction of sp³-hybridized carbons (Fsp3) is 0.357. The van der Waals surface area contributed by atoms with Gasteiger partial charge in [-0.3, -0.25) is 9.69 Å². The van der Waals surface area contributed by atoms with E-state index in [0.717, 1.165) is 4.90 Å². The minimum Gasteiger partial charge on any atom is -0.465 e. The summed E-state index contributed by atoms with van der Waals surface area (Å²) in [6, 6.07) is 3.16. The van der Waals surface area contributed by atoms with E-state index in [1.54, 1.807) is 0 Å². The van der Waals surface area contributed by atoms with Gasteiger partial charge in [-0.25, -0.2) is 9.18 Å². The van der Waals surface area contributed by atoms with Gasteiger partial charge in [0.1, 0.15) is 11.9 Å². The van der Waals surface area contributed by atoms with E-state index in [2.05, 4.69) is 4.79 Å². The molecule has 0 bridgehead atoms. The number of rotatable bonds is 3. The summed E-state index contributed by atoms with van der Waals surface area (Å²) in [5.74, 6) is -1.43. The number of carbonyl (C=O) groups excluding carboxylic acids is 1. The highest BCUT2D eigenvalue weighted by atomic mass is 35.5. The minimum atomic E-state index is -1.27. The smallest absolute Gasteiger partial charge is 0.407 e. The quantitative estimate of drug-likeness (QED) is 0.523. The second-order valence-electron chi connectivity index (χ2n) is 5.59. The molecule has 6 nitrogen and oxygen atoms in total. The van der Waals surface area contributed by atoms with Crippen LogP contribution >= 0.6 is 11.6 Å². The van der Waals surface area contributed by atoms with Crippen LogP contribution in [0.4, 0.5) is 9.18 Å². The zero-order valence-electron chi connectivity index (χ0n) is 11.2. The number of carbonyl (C=O) groups is 2. The minimum absolute atomic E-state index is 0.0138. The third kappa shape index (κ3) is 2.01. The molecule has 3 unspecified atom stereocenters. The first-order valence-electron chi connectivity index (χ1n) is 6.57. The summed E-state index contributed by atoms with van der Waals surface area (Å²) in [6.07, 6.45) is -0.0914. The van der Waals surface area contributed by atoms with Crippen molar-refractivity contribution in [3.63, 3.8) is 0 Å². The zero-order chi connectivity index (χ0) is 16.1. The number of benzene rings is 1. The SMILES string of the molecule is [N-]=[N+]=CC(=O)C1C2CC2(c2cc(Cl)ccc2F)CN1C(=O)O. The molecule has 1 saturated heterocycles. The van der Waals surface area contributed by atoms with E-state index < -0.39 is 29.2 Å². The van der Waals surface area contributed by atoms with Gasteiger partial charge in [-0.05, 0) is 36.1 Å². The second-order valence-corrected chi connectivity index (χ2v) is 6.03.